The second-order valence-corrected chi connectivity index (χ2v) is 8.95. The summed E-state index contributed by atoms with van der Waals surface area (Å²) in [7, 11) is -3.49. The zero-order valence-corrected chi connectivity index (χ0v) is 15.4. The number of nitrogens with zero attached hydrogens (tertiary/aromatic N) is 1. The Balaban J connectivity index is 1.57. The van der Waals surface area contributed by atoms with Gasteiger partial charge in [-0.3, -0.25) is 0 Å². The van der Waals surface area contributed by atoms with Crippen LogP contribution in [0.5, 0.6) is 11.5 Å². The molecule has 0 radical (unpaired) electrons. The van der Waals surface area contributed by atoms with Gasteiger partial charge >= 0.3 is 0 Å². The Morgan fingerprint density at radius 3 is 2.60 bits per heavy atom. The van der Waals surface area contributed by atoms with Crippen LogP contribution in [0.3, 0.4) is 0 Å². The molecule has 3 aliphatic rings. The van der Waals surface area contributed by atoms with Gasteiger partial charge in [0.25, 0.3) is 10.2 Å². The van der Waals surface area contributed by atoms with Crippen LogP contribution >= 0.6 is 0 Å². The number of fused-ring (bicyclic) bond motifs is 1. The van der Waals surface area contributed by atoms with Crippen LogP contribution in [-0.2, 0) is 10.2 Å². The summed E-state index contributed by atoms with van der Waals surface area (Å²) in [5.41, 5.74) is 0.958. The highest BCUT2D eigenvalue weighted by atomic mass is 32.2. The fraction of sp³-hybridized carbons (Fsp3) is 0.667. The van der Waals surface area contributed by atoms with Gasteiger partial charge in [0.1, 0.15) is 13.2 Å². The largest absolute Gasteiger partial charge is 0.486 e. The van der Waals surface area contributed by atoms with Crippen molar-refractivity contribution in [3.63, 3.8) is 0 Å². The molecule has 2 aliphatic heterocycles. The van der Waals surface area contributed by atoms with Crippen LogP contribution in [0.4, 0.5) is 0 Å². The third kappa shape index (κ3) is 3.64. The van der Waals surface area contributed by atoms with Gasteiger partial charge in [-0.2, -0.15) is 17.4 Å². The molecule has 2 heterocycles. The number of hydrogen-bond acceptors (Lipinski definition) is 4. The molecule has 1 aromatic carbocycles. The molecule has 0 unspecified atom stereocenters. The van der Waals surface area contributed by atoms with Gasteiger partial charge in [0, 0.05) is 12.6 Å². The minimum Gasteiger partial charge on any atom is -0.486 e. The van der Waals surface area contributed by atoms with Gasteiger partial charge in [-0.1, -0.05) is 12.5 Å². The Hall–Kier alpha value is -1.31. The summed E-state index contributed by atoms with van der Waals surface area (Å²) in [4.78, 5) is 0. The fourth-order valence-corrected chi connectivity index (χ4v) is 5.51. The van der Waals surface area contributed by atoms with Crippen LogP contribution in [0.1, 0.15) is 50.6 Å². The third-order valence-electron chi connectivity index (χ3n) is 5.35. The molecule has 25 heavy (non-hydrogen) atoms. The van der Waals surface area contributed by atoms with E-state index in [-0.39, 0.29) is 12.1 Å². The van der Waals surface area contributed by atoms with Gasteiger partial charge in [-0.25, -0.2) is 0 Å². The van der Waals surface area contributed by atoms with E-state index in [0.29, 0.717) is 31.4 Å². The molecule has 4 rings (SSSR count). The van der Waals surface area contributed by atoms with Crippen LogP contribution in [0, 0.1) is 5.92 Å². The monoisotopic (exact) mass is 366 g/mol. The zero-order chi connectivity index (χ0) is 17.4. The number of nitrogens with one attached hydrogen (secondary N) is 1. The van der Waals surface area contributed by atoms with E-state index in [9.17, 15) is 8.42 Å². The van der Waals surface area contributed by atoms with Crippen molar-refractivity contribution in [1.29, 1.82) is 0 Å². The van der Waals surface area contributed by atoms with Crippen LogP contribution in [0.25, 0.3) is 0 Å². The van der Waals surface area contributed by atoms with E-state index in [4.69, 9.17) is 9.47 Å². The van der Waals surface area contributed by atoms with Crippen LogP contribution in [0.2, 0.25) is 0 Å². The molecule has 0 spiro atoms. The molecule has 1 N–H and O–H groups in total. The lowest BCUT2D eigenvalue weighted by atomic mass is 10.0. The van der Waals surface area contributed by atoms with Gasteiger partial charge < -0.3 is 9.47 Å². The molecular formula is C18H26N2O4S. The van der Waals surface area contributed by atoms with Crippen LogP contribution in [-0.4, -0.2) is 38.5 Å². The number of hydrogen-bond donors (Lipinski definition) is 1. The Morgan fingerprint density at radius 1 is 1.12 bits per heavy atom. The maximum absolute atomic E-state index is 13.0. The minimum absolute atomic E-state index is 0.0615. The number of piperidine rings is 1. The van der Waals surface area contributed by atoms with Gasteiger partial charge in [-0.15, -0.1) is 0 Å². The number of rotatable bonds is 5. The summed E-state index contributed by atoms with van der Waals surface area (Å²) in [6.07, 6.45) is 5.07. The minimum atomic E-state index is -3.49. The van der Waals surface area contributed by atoms with Crippen molar-refractivity contribution in [3.05, 3.63) is 23.8 Å². The Bertz CT molecular complexity index is 733. The standard InChI is InChI=1S/C18H26N2O4S/c1-13-4-2-3-9-20(13)25(21,22)19-18(14-5-6-14)15-7-8-16-17(12-15)24-11-10-23-16/h7-8,12-14,18-19H,2-6,9-11H2,1H3/t13-,18+/m1/s1. The average Bonchev–Trinajstić information content (AvgIpc) is 3.44. The summed E-state index contributed by atoms with van der Waals surface area (Å²) < 4.78 is 41.8. The third-order valence-corrected chi connectivity index (χ3v) is 7.06. The molecule has 0 bridgehead atoms. The molecule has 2 atom stereocenters. The first-order chi connectivity index (χ1) is 12.0. The lowest BCUT2D eigenvalue weighted by molar-refractivity contribution is 0.171. The summed E-state index contributed by atoms with van der Waals surface area (Å²) in [6.45, 7) is 3.68. The molecule has 7 heteroatoms. The highest BCUT2D eigenvalue weighted by molar-refractivity contribution is 7.87. The van der Waals surface area contributed by atoms with E-state index in [2.05, 4.69) is 4.72 Å². The van der Waals surface area contributed by atoms with Gasteiger partial charge in [0.15, 0.2) is 11.5 Å². The van der Waals surface area contributed by atoms with E-state index in [1.54, 1.807) is 4.31 Å². The van der Waals surface area contributed by atoms with Crippen molar-refractivity contribution in [1.82, 2.24) is 9.03 Å². The van der Waals surface area contributed by atoms with Crippen LogP contribution < -0.4 is 14.2 Å². The van der Waals surface area contributed by atoms with E-state index in [0.717, 1.165) is 43.4 Å². The van der Waals surface area contributed by atoms with E-state index in [1.807, 2.05) is 25.1 Å². The Kier molecular flexibility index (Phi) is 4.64. The summed E-state index contributed by atoms with van der Waals surface area (Å²) >= 11 is 0. The van der Waals surface area contributed by atoms with E-state index in [1.165, 1.54) is 0 Å². The number of benzene rings is 1. The molecule has 1 aliphatic carbocycles. The quantitative estimate of drug-likeness (QED) is 0.870. The zero-order valence-electron chi connectivity index (χ0n) is 14.6. The summed E-state index contributed by atoms with van der Waals surface area (Å²) in [6, 6.07) is 5.64. The highest BCUT2D eigenvalue weighted by Crippen LogP contribution is 2.44. The molecule has 2 fully saturated rings. The van der Waals surface area contributed by atoms with Crippen molar-refractivity contribution >= 4 is 10.2 Å². The molecule has 0 amide bonds. The van der Waals surface area contributed by atoms with Crippen molar-refractivity contribution in [2.45, 2.75) is 51.1 Å². The van der Waals surface area contributed by atoms with Gasteiger partial charge in [0.05, 0.1) is 6.04 Å². The average molecular weight is 366 g/mol. The maximum Gasteiger partial charge on any atom is 0.280 e. The first kappa shape index (κ1) is 17.1. The smallest absolute Gasteiger partial charge is 0.280 e. The van der Waals surface area contributed by atoms with Crippen LogP contribution in [0.15, 0.2) is 18.2 Å². The normalized spacial score (nSPS) is 25.6. The lowest BCUT2D eigenvalue weighted by Crippen LogP contribution is -2.49. The molecule has 1 saturated heterocycles. The second kappa shape index (κ2) is 6.78. The van der Waals surface area contributed by atoms with E-state index < -0.39 is 10.2 Å². The lowest BCUT2D eigenvalue weighted by Gasteiger charge is -2.34. The topological polar surface area (TPSA) is 67.9 Å². The van der Waals surface area contributed by atoms with Crippen molar-refractivity contribution < 1.29 is 17.9 Å². The molecule has 138 valence electrons. The highest BCUT2D eigenvalue weighted by Gasteiger charge is 2.38. The molecular weight excluding hydrogens is 340 g/mol. The first-order valence-corrected chi connectivity index (χ1v) is 10.7. The predicted octanol–water partition coefficient (Wildman–Crippen LogP) is 2.62. The van der Waals surface area contributed by atoms with Crippen molar-refractivity contribution in [2.75, 3.05) is 19.8 Å². The SMILES string of the molecule is C[C@@H]1CCCCN1S(=O)(=O)N[C@H](c1ccc2c(c1)OCCO2)C1CC1. The van der Waals surface area contributed by atoms with E-state index >= 15 is 0 Å². The molecule has 6 nitrogen and oxygen atoms in total. The first-order valence-electron chi connectivity index (χ1n) is 9.23. The Labute approximate surface area is 149 Å². The molecule has 0 aromatic heterocycles. The van der Waals surface area contributed by atoms with Gasteiger partial charge in [0.2, 0.25) is 0 Å². The molecule has 1 aromatic rings. The summed E-state index contributed by atoms with van der Waals surface area (Å²) in [5.74, 6) is 1.80. The summed E-state index contributed by atoms with van der Waals surface area (Å²) in [5, 5.41) is 0. The fourth-order valence-electron chi connectivity index (χ4n) is 3.78. The maximum atomic E-state index is 13.0. The van der Waals surface area contributed by atoms with Crippen molar-refractivity contribution in [2.24, 2.45) is 5.92 Å². The molecule has 1 saturated carbocycles. The number of ether oxygens (including phenoxy) is 2. The van der Waals surface area contributed by atoms with Gasteiger partial charge in [-0.05, 0) is 56.2 Å². The van der Waals surface area contributed by atoms with Crippen molar-refractivity contribution in [3.8, 4) is 11.5 Å². The predicted molar refractivity (Wildman–Crippen MR) is 95.0 cm³/mol. The Morgan fingerprint density at radius 2 is 1.88 bits per heavy atom. The second-order valence-electron chi connectivity index (χ2n) is 7.30.